The monoisotopic (exact) mass is 1480 g/mol. The van der Waals surface area contributed by atoms with Gasteiger partial charge in [0.05, 0.1) is 46.4 Å². The normalized spacial score (nSPS) is 14.2. The van der Waals surface area contributed by atoms with Crippen LogP contribution < -0.4 is 30.2 Å². The lowest BCUT2D eigenvalue weighted by atomic mass is 9.75. The second kappa shape index (κ2) is 33.2. The Kier molecular flexibility index (Phi) is 23.3. The third-order valence-electron chi connectivity index (χ3n) is 19.2. The number of allylic oxidation sites excluding steroid dienone is 3. The average Bonchev–Trinajstić information content (AvgIpc) is 1.61. The van der Waals surface area contributed by atoms with E-state index in [1.54, 1.807) is 56.5 Å². The number of methoxy groups -OCH3 is 1. The number of thiophene rings is 1. The van der Waals surface area contributed by atoms with Crippen LogP contribution in [0.1, 0.15) is 146 Å². The summed E-state index contributed by atoms with van der Waals surface area (Å²) in [5, 5.41) is 27.9. The Morgan fingerprint density at radius 2 is 1.42 bits per heavy atom. The first-order valence-electron chi connectivity index (χ1n) is 35.1. The van der Waals surface area contributed by atoms with Crippen LogP contribution in [0, 0.1) is 48.5 Å². The molecule has 12 aromatic rings. The maximum Gasteiger partial charge on any atom is 0.266 e. The fourth-order valence-electron chi connectivity index (χ4n) is 13.6. The van der Waals surface area contributed by atoms with Crippen molar-refractivity contribution in [1.82, 2.24) is 14.2 Å². The molecule has 4 N–H and O–H groups in total. The number of ketones is 3. The number of Topliss-reactive ketones (excluding diaryl/α,β-unsaturated/α-hetero) is 2. The van der Waals surface area contributed by atoms with Crippen LogP contribution in [0.15, 0.2) is 217 Å². The first-order valence-corrected chi connectivity index (χ1v) is 36.7. The van der Waals surface area contributed by atoms with Gasteiger partial charge in [-0.05, 0) is 216 Å². The molecule has 542 valence electrons. The third-order valence-corrected chi connectivity index (χ3v) is 21.0. The summed E-state index contributed by atoms with van der Waals surface area (Å²) in [5.41, 5.74) is 18.2. The highest BCUT2D eigenvalue weighted by Gasteiger charge is 2.37. The smallest absolute Gasteiger partial charge is 0.266 e. The van der Waals surface area contributed by atoms with Crippen molar-refractivity contribution >= 4 is 114 Å². The number of aryl methyl sites for hydroxylation is 7. The molecule has 3 aliphatic rings. The van der Waals surface area contributed by atoms with Crippen molar-refractivity contribution in [2.75, 3.05) is 29.9 Å². The average molecular weight is 1480 g/mol. The number of rotatable bonds is 14. The van der Waals surface area contributed by atoms with Gasteiger partial charge >= 0.3 is 0 Å². The molecule has 0 spiro atoms. The van der Waals surface area contributed by atoms with Crippen molar-refractivity contribution in [1.29, 1.82) is 0 Å². The van der Waals surface area contributed by atoms with E-state index in [1.165, 1.54) is 34.3 Å². The SMILES string of the molecule is CC(=O)c1c(NC(=O)c2ccc(Cl)cc2)sc(C(=O)Nc2cc(C)ccc2Cl)c1C.CCn1c2ccccc2c2cc(/C=N/n3c(C)cnc3C)ccc21.COc1cc(C2Cc3ccccc3NC3=C2C(=O)CC(c2ccc4c(c2)OCO4)C3)cc(C)c1O.Cc1ccc(C(=O)/C=C/c2ccccc2C)cc1. The summed E-state index contributed by atoms with van der Waals surface area (Å²) in [7, 11) is 1.55. The number of nitrogens with zero attached hydrogens (tertiary/aromatic N) is 4. The van der Waals surface area contributed by atoms with E-state index in [0.29, 0.717) is 60.9 Å². The number of phenolic OH excluding ortho intramolecular Hbond substituents is 1. The van der Waals surface area contributed by atoms with Gasteiger partial charge in [0.25, 0.3) is 11.8 Å². The zero-order chi connectivity index (χ0) is 75.7. The fraction of sp³-hybridized carbons (Fsp3) is 0.193. The molecule has 16 nitrogen and oxygen atoms in total. The van der Waals surface area contributed by atoms with E-state index in [4.69, 9.17) is 37.4 Å². The maximum atomic E-state index is 13.8. The zero-order valence-corrected chi connectivity index (χ0v) is 63.4. The van der Waals surface area contributed by atoms with Gasteiger partial charge in [-0.25, -0.2) is 9.66 Å². The Labute approximate surface area is 636 Å². The number of benzene rings is 9. The number of imidazole rings is 1. The number of fused-ring (bicyclic) bond motifs is 5. The summed E-state index contributed by atoms with van der Waals surface area (Å²) in [5.74, 6) is 1.97. The van der Waals surface area contributed by atoms with E-state index in [9.17, 15) is 29.1 Å². The molecule has 5 heterocycles. The Morgan fingerprint density at radius 3 is 2.16 bits per heavy atom. The number of phenols is 1. The van der Waals surface area contributed by atoms with Gasteiger partial charge in [-0.3, -0.25) is 24.0 Å². The summed E-state index contributed by atoms with van der Waals surface area (Å²) in [6, 6.07) is 60.4. The lowest BCUT2D eigenvalue weighted by molar-refractivity contribution is -0.116. The topological polar surface area (TPSA) is 204 Å². The molecule has 3 aromatic heterocycles. The summed E-state index contributed by atoms with van der Waals surface area (Å²) >= 11 is 13.1. The number of ether oxygens (including phenoxy) is 3. The molecular formula is C88H81Cl2N7O9S. The predicted molar refractivity (Wildman–Crippen MR) is 431 cm³/mol. The molecule has 0 radical (unpaired) electrons. The Morgan fingerprint density at radius 1 is 0.710 bits per heavy atom. The largest absolute Gasteiger partial charge is 0.504 e. The molecule has 15 rings (SSSR count). The molecule has 2 unspecified atom stereocenters. The van der Waals surface area contributed by atoms with Crippen LogP contribution in [0.5, 0.6) is 23.0 Å². The van der Waals surface area contributed by atoms with E-state index in [2.05, 4.69) is 92.1 Å². The first-order chi connectivity index (χ1) is 51.5. The Hall–Kier alpha value is -11.6. The van der Waals surface area contributed by atoms with Crippen molar-refractivity contribution in [2.45, 2.75) is 100.0 Å². The number of anilines is 3. The van der Waals surface area contributed by atoms with Gasteiger partial charge in [-0.2, -0.15) is 5.10 Å². The molecule has 19 heteroatoms. The number of carbonyl (C=O) groups is 5. The minimum atomic E-state index is -0.403. The second-order valence-corrected chi connectivity index (χ2v) is 28.5. The van der Waals surface area contributed by atoms with Gasteiger partial charge in [0.1, 0.15) is 10.8 Å². The molecule has 0 saturated heterocycles. The standard InChI is InChI=1S/C29H27NO5.C22H18Cl2N2O3S.C20H20N4.C17H16O/c1-16-9-20(14-27(33-2)29(16)32)21-10-18-5-3-4-6-22(18)30-23-11-19(12-24(31)28(21)23)17-7-8-25-26(13-17)35-15-34-25;1-11-4-9-16(24)17(10-11)25-21(29)19-12(2)18(13(3)27)22(30-19)26-20(28)14-5-7-15(23)8-6-14;1-4-23-19-8-6-5-7-17(19)18-11-16(9-10-20(18)23)13-22-24-14(2)12-21-15(24)3;1-13-7-9-16(10-8-13)17(18)12-11-15-6-4-3-5-14(15)2/h3-9,13-14,19,21,30,32H,10-12,15H2,1-2H3;4-10H,1-3H3,(H,25,29)(H,26,28);5-13H,4H2,1-3H3;3-12H,1-2H3/b;;22-13+;12-11+. The minimum absolute atomic E-state index is 0.0400. The maximum absolute atomic E-state index is 13.8. The zero-order valence-electron chi connectivity index (χ0n) is 61.1. The molecule has 0 saturated carbocycles. The van der Waals surface area contributed by atoms with Crippen molar-refractivity contribution < 1.29 is 43.3 Å². The Balaban J connectivity index is 0.000000137. The number of amides is 2. The third kappa shape index (κ3) is 17.0. The first kappa shape index (κ1) is 75.1. The predicted octanol–water partition coefficient (Wildman–Crippen LogP) is 20.7. The van der Waals surface area contributed by atoms with Gasteiger partial charge in [0.2, 0.25) is 6.79 Å². The van der Waals surface area contributed by atoms with Gasteiger partial charge in [-0.1, -0.05) is 144 Å². The van der Waals surface area contributed by atoms with Gasteiger partial charge < -0.3 is 39.8 Å². The molecule has 2 amide bonds. The van der Waals surface area contributed by atoms with Crippen molar-refractivity contribution in [3.63, 3.8) is 0 Å². The summed E-state index contributed by atoms with van der Waals surface area (Å²) < 4.78 is 20.7. The lowest BCUT2D eigenvalue weighted by Crippen LogP contribution is -2.25. The molecule has 1 aliphatic carbocycles. The lowest BCUT2D eigenvalue weighted by Gasteiger charge is -2.30. The summed E-state index contributed by atoms with van der Waals surface area (Å²) in [6.07, 6.45) is 9.09. The number of halogens is 2. The van der Waals surface area contributed by atoms with E-state index in [1.807, 2.05) is 162 Å². The fourth-order valence-corrected chi connectivity index (χ4v) is 15.0. The number of carbonyl (C=O) groups excluding carboxylic acids is 5. The van der Waals surface area contributed by atoms with Crippen molar-refractivity contribution in [3.8, 4) is 23.0 Å². The Bertz CT molecular complexity index is 5500. The quantitative estimate of drug-likeness (QED) is 0.0458. The highest BCUT2D eigenvalue weighted by molar-refractivity contribution is 7.19. The molecule has 0 bridgehead atoms. The van der Waals surface area contributed by atoms with E-state index < -0.39 is 11.8 Å². The number of para-hydroxylation sites is 2. The highest BCUT2D eigenvalue weighted by Crippen LogP contribution is 2.48. The molecular weight excluding hydrogens is 1400 g/mol. The molecule has 107 heavy (non-hydrogen) atoms. The minimum Gasteiger partial charge on any atom is -0.504 e. The van der Waals surface area contributed by atoms with E-state index >= 15 is 0 Å². The summed E-state index contributed by atoms with van der Waals surface area (Å²) in [6.45, 7) is 18.2. The highest BCUT2D eigenvalue weighted by atomic mass is 35.5. The van der Waals surface area contributed by atoms with Gasteiger partial charge in [-0.15, -0.1) is 11.3 Å². The molecule has 2 atom stereocenters. The number of aromatic nitrogens is 3. The number of hydrogen-bond acceptors (Lipinski definition) is 13. The van der Waals surface area contributed by atoms with E-state index in [0.717, 1.165) is 114 Å². The molecule has 2 aliphatic heterocycles. The van der Waals surface area contributed by atoms with Crippen LogP contribution in [-0.2, 0) is 17.8 Å². The number of nitrogens with one attached hydrogen (secondary N) is 3. The number of hydrogen-bond donors (Lipinski definition) is 4. The van der Waals surface area contributed by atoms with Crippen LogP contribution >= 0.6 is 34.5 Å². The second-order valence-electron chi connectivity index (χ2n) is 26.6. The van der Waals surface area contributed by atoms with Crippen LogP contribution in [0.4, 0.5) is 16.4 Å². The van der Waals surface area contributed by atoms with Crippen LogP contribution in [-0.4, -0.2) is 68.6 Å². The summed E-state index contributed by atoms with van der Waals surface area (Å²) in [4.78, 5) is 68.1. The van der Waals surface area contributed by atoms with Crippen LogP contribution in [0.25, 0.3) is 27.9 Å². The van der Waals surface area contributed by atoms with Crippen LogP contribution in [0.3, 0.4) is 0 Å². The molecule has 9 aromatic carbocycles. The van der Waals surface area contributed by atoms with Crippen molar-refractivity contribution in [3.05, 3.63) is 310 Å². The van der Waals surface area contributed by atoms with Crippen LogP contribution in [0.2, 0.25) is 10.0 Å². The van der Waals surface area contributed by atoms with Gasteiger partial charge in [0.15, 0.2) is 40.3 Å². The van der Waals surface area contributed by atoms with Crippen molar-refractivity contribution in [2.24, 2.45) is 5.10 Å². The van der Waals surface area contributed by atoms with Gasteiger partial charge in [0, 0.05) is 73.8 Å². The number of aromatic hydroxyl groups is 1. The van der Waals surface area contributed by atoms with E-state index in [-0.39, 0.29) is 41.7 Å². The molecule has 0 fully saturated rings.